The van der Waals surface area contributed by atoms with Crippen molar-refractivity contribution in [1.82, 2.24) is 13.9 Å². The fourth-order valence-electron chi connectivity index (χ4n) is 3.10. The molecule has 2 atom stereocenters. The van der Waals surface area contributed by atoms with Crippen molar-refractivity contribution < 1.29 is 13.2 Å². The summed E-state index contributed by atoms with van der Waals surface area (Å²) in [5.74, 6) is -0.312. The van der Waals surface area contributed by atoms with Gasteiger partial charge in [-0.05, 0) is 26.0 Å². The summed E-state index contributed by atoms with van der Waals surface area (Å²) in [5.41, 5.74) is -0.659. The molecule has 2 aromatic rings. The molecule has 25 heavy (non-hydrogen) atoms. The molecule has 0 unspecified atom stereocenters. The maximum atomic E-state index is 12.6. The molecule has 9 heteroatoms. The lowest BCUT2D eigenvalue weighted by Gasteiger charge is -2.34. The second kappa shape index (κ2) is 6.74. The Hall–Kier alpha value is -1.97. The second-order valence-electron chi connectivity index (χ2n) is 6.32. The summed E-state index contributed by atoms with van der Waals surface area (Å²) in [5, 5.41) is 0.355. The minimum Gasteiger partial charge on any atom is -0.373 e. The van der Waals surface area contributed by atoms with E-state index in [4.69, 9.17) is 4.74 Å². The minimum absolute atomic E-state index is 0.190. The SMILES string of the molecule is C[C@H]1CN(S(=O)(=O)CCn2c(=O)[nH]c3ccccc3c2=O)C[C@H](C)O1. The predicted molar refractivity (Wildman–Crippen MR) is 94.2 cm³/mol. The van der Waals surface area contributed by atoms with Crippen LogP contribution in [0.4, 0.5) is 0 Å². The number of para-hydroxylation sites is 1. The first-order valence-electron chi connectivity index (χ1n) is 8.13. The zero-order chi connectivity index (χ0) is 18.2. The van der Waals surface area contributed by atoms with Crippen molar-refractivity contribution >= 4 is 20.9 Å². The Bertz CT molecular complexity index is 985. The molecule has 1 aliphatic rings. The van der Waals surface area contributed by atoms with Crippen molar-refractivity contribution in [2.75, 3.05) is 18.8 Å². The smallest absolute Gasteiger partial charge is 0.328 e. The highest BCUT2D eigenvalue weighted by molar-refractivity contribution is 7.89. The third-order valence-electron chi connectivity index (χ3n) is 4.24. The Balaban J connectivity index is 1.85. The number of nitrogens with zero attached hydrogens (tertiary/aromatic N) is 2. The molecule has 1 aromatic carbocycles. The predicted octanol–water partition coefficient (Wildman–Crippen LogP) is 0.129. The third-order valence-corrected chi connectivity index (χ3v) is 6.03. The van der Waals surface area contributed by atoms with Crippen LogP contribution in [0.5, 0.6) is 0 Å². The fraction of sp³-hybridized carbons (Fsp3) is 0.500. The van der Waals surface area contributed by atoms with Crippen LogP contribution in [-0.4, -0.2) is 53.3 Å². The largest absolute Gasteiger partial charge is 0.373 e. The number of aromatic nitrogens is 2. The van der Waals surface area contributed by atoms with E-state index in [9.17, 15) is 18.0 Å². The van der Waals surface area contributed by atoms with E-state index >= 15 is 0 Å². The molecule has 0 bridgehead atoms. The van der Waals surface area contributed by atoms with Crippen LogP contribution in [-0.2, 0) is 21.3 Å². The van der Waals surface area contributed by atoms with Crippen molar-refractivity contribution in [2.45, 2.75) is 32.6 Å². The van der Waals surface area contributed by atoms with Crippen LogP contribution in [0, 0.1) is 0 Å². The number of aromatic amines is 1. The van der Waals surface area contributed by atoms with Crippen LogP contribution in [0.25, 0.3) is 10.9 Å². The lowest BCUT2D eigenvalue weighted by atomic mass is 10.2. The number of hydrogen-bond acceptors (Lipinski definition) is 5. The van der Waals surface area contributed by atoms with E-state index in [1.165, 1.54) is 4.31 Å². The van der Waals surface area contributed by atoms with Crippen LogP contribution in [0.1, 0.15) is 13.8 Å². The number of fused-ring (bicyclic) bond motifs is 1. The van der Waals surface area contributed by atoms with E-state index in [2.05, 4.69) is 4.98 Å². The summed E-state index contributed by atoms with van der Waals surface area (Å²) in [6.07, 6.45) is -0.379. The van der Waals surface area contributed by atoms with Crippen molar-refractivity contribution in [3.05, 3.63) is 45.1 Å². The Morgan fingerprint density at radius 2 is 1.80 bits per heavy atom. The molecule has 0 amide bonds. The first-order chi connectivity index (χ1) is 11.8. The maximum Gasteiger partial charge on any atom is 0.328 e. The molecule has 1 N–H and O–H groups in total. The Kier molecular flexibility index (Phi) is 4.81. The van der Waals surface area contributed by atoms with Gasteiger partial charge in [-0.3, -0.25) is 9.36 Å². The fourth-order valence-corrected chi connectivity index (χ4v) is 4.64. The number of morpholine rings is 1. The molecule has 0 radical (unpaired) electrons. The van der Waals surface area contributed by atoms with Gasteiger partial charge in [0.25, 0.3) is 5.56 Å². The minimum atomic E-state index is -3.59. The van der Waals surface area contributed by atoms with Gasteiger partial charge in [-0.2, -0.15) is 4.31 Å². The molecular formula is C16H21N3O5S. The summed E-state index contributed by atoms with van der Waals surface area (Å²) in [6.45, 7) is 3.99. The number of ether oxygens (including phenoxy) is 1. The Labute approximate surface area is 145 Å². The number of benzene rings is 1. The average Bonchev–Trinajstić information content (AvgIpc) is 2.53. The number of hydrogen-bond donors (Lipinski definition) is 1. The van der Waals surface area contributed by atoms with Gasteiger partial charge in [-0.1, -0.05) is 12.1 Å². The van der Waals surface area contributed by atoms with E-state index in [0.717, 1.165) is 4.57 Å². The molecule has 1 fully saturated rings. The van der Waals surface area contributed by atoms with Crippen molar-refractivity contribution in [1.29, 1.82) is 0 Å². The summed E-state index contributed by atoms with van der Waals surface area (Å²) >= 11 is 0. The highest BCUT2D eigenvalue weighted by atomic mass is 32.2. The van der Waals surface area contributed by atoms with Gasteiger partial charge in [-0.15, -0.1) is 0 Å². The molecule has 2 heterocycles. The standard InChI is InChI=1S/C16H21N3O5S/c1-11-9-18(10-12(2)24-11)25(22,23)8-7-19-15(20)13-5-3-4-6-14(13)17-16(19)21/h3-6,11-12H,7-10H2,1-2H3,(H,17,21)/t11-,12-/m0/s1. The number of rotatable bonds is 4. The van der Waals surface area contributed by atoms with Crippen LogP contribution in [0.15, 0.2) is 33.9 Å². The third kappa shape index (κ3) is 3.68. The molecule has 0 spiro atoms. The van der Waals surface area contributed by atoms with Gasteiger partial charge >= 0.3 is 5.69 Å². The number of nitrogens with one attached hydrogen (secondary N) is 1. The summed E-state index contributed by atoms with van der Waals surface area (Å²) in [4.78, 5) is 27.2. The van der Waals surface area contributed by atoms with Crippen LogP contribution in [0.3, 0.4) is 0 Å². The van der Waals surface area contributed by atoms with Gasteiger partial charge < -0.3 is 9.72 Å². The monoisotopic (exact) mass is 367 g/mol. The van der Waals surface area contributed by atoms with Crippen LogP contribution >= 0.6 is 0 Å². The molecule has 136 valence electrons. The van der Waals surface area contributed by atoms with Gasteiger partial charge in [0, 0.05) is 19.6 Å². The van der Waals surface area contributed by atoms with Gasteiger partial charge in [0.1, 0.15) is 0 Å². The zero-order valence-electron chi connectivity index (χ0n) is 14.1. The Morgan fingerprint density at radius 1 is 1.16 bits per heavy atom. The first-order valence-corrected chi connectivity index (χ1v) is 9.74. The van der Waals surface area contributed by atoms with Gasteiger partial charge in [0.15, 0.2) is 0 Å². The maximum absolute atomic E-state index is 12.6. The van der Waals surface area contributed by atoms with E-state index in [0.29, 0.717) is 10.9 Å². The number of sulfonamides is 1. The van der Waals surface area contributed by atoms with Gasteiger partial charge in [0.2, 0.25) is 10.0 Å². The average molecular weight is 367 g/mol. The molecule has 0 saturated carbocycles. The van der Waals surface area contributed by atoms with E-state index < -0.39 is 21.3 Å². The molecule has 0 aliphatic carbocycles. The van der Waals surface area contributed by atoms with E-state index in [1.807, 2.05) is 13.8 Å². The van der Waals surface area contributed by atoms with Crippen LogP contribution in [0.2, 0.25) is 0 Å². The summed E-state index contributed by atoms with van der Waals surface area (Å²) in [6, 6.07) is 6.65. The lowest BCUT2D eigenvalue weighted by Crippen LogP contribution is -2.49. The molecule has 1 saturated heterocycles. The van der Waals surface area contributed by atoms with Gasteiger partial charge in [0.05, 0.1) is 28.9 Å². The summed E-state index contributed by atoms with van der Waals surface area (Å²) in [7, 11) is -3.59. The molecule has 3 rings (SSSR count). The van der Waals surface area contributed by atoms with Crippen molar-refractivity contribution in [3.8, 4) is 0 Å². The van der Waals surface area contributed by atoms with Crippen LogP contribution < -0.4 is 11.2 Å². The summed E-state index contributed by atoms with van der Waals surface area (Å²) < 4.78 is 33.0. The normalized spacial score (nSPS) is 22.3. The molecule has 1 aliphatic heterocycles. The molecule has 1 aromatic heterocycles. The quantitative estimate of drug-likeness (QED) is 0.828. The Morgan fingerprint density at radius 3 is 2.48 bits per heavy atom. The highest BCUT2D eigenvalue weighted by Gasteiger charge is 2.30. The van der Waals surface area contributed by atoms with Crippen molar-refractivity contribution in [2.24, 2.45) is 0 Å². The van der Waals surface area contributed by atoms with E-state index in [1.54, 1.807) is 24.3 Å². The second-order valence-corrected chi connectivity index (χ2v) is 8.41. The van der Waals surface area contributed by atoms with Gasteiger partial charge in [-0.25, -0.2) is 13.2 Å². The topological polar surface area (TPSA) is 101 Å². The lowest BCUT2D eigenvalue weighted by molar-refractivity contribution is -0.0440. The molecule has 8 nitrogen and oxygen atoms in total. The zero-order valence-corrected chi connectivity index (χ0v) is 15.0. The molecular weight excluding hydrogens is 346 g/mol. The van der Waals surface area contributed by atoms with Crippen molar-refractivity contribution in [3.63, 3.8) is 0 Å². The van der Waals surface area contributed by atoms with E-state index in [-0.39, 0.29) is 37.6 Å². The highest BCUT2D eigenvalue weighted by Crippen LogP contribution is 2.15. The first kappa shape index (κ1) is 17.8. The number of H-pyrrole nitrogens is 1.